The number of likely N-dealkylation sites (tertiary alicyclic amines) is 1. The molecule has 7 heteroatoms. The minimum Gasteiger partial charge on any atom is -0.355 e. The normalized spacial score (nSPS) is 17.1. The van der Waals surface area contributed by atoms with Crippen LogP contribution in [0, 0.1) is 18.8 Å². The minimum absolute atomic E-state index is 0.0559. The number of anilines is 2. The van der Waals surface area contributed by atoms with Gasteiger partial charge in [-0.15, -0.1) is 0 Å². The van der Waals surface area contributed by atoms with E-state index in [4.69, 9.17) is 5.10 Å². The van der Waals surface area contributed by atoms with Gasteiger partial charge in [0.15, 0.2) is 5.82 Å². The number of piperidine rings is 2. The van der Waals surface area contributed by atoms with E-state index in [1.165, 1.54) is 12.5 Å². The van der Waals surface area contributed by atoms with E-state index in [9.17, 15) is 9.59 Å². The smallest absolute Gasteiger partial charge is 0.225 e. The van der Waals surface area contributed by atoms with Crippen LogP contribution in [0.15, 0.2) is 60.7 Å². The van der Waals surface area contributed by atoms with Crippen LogP contribution in [0.5, 0.6) is 0 Å². The molecule has 2 aliphatic heterocycles. The summed E-state index contributed by atoms with van der Waals surface area (Å²) in [6.45, 7) is 6.69. The molecule has 0 radical (unpaired) electrons. The van der Waals surface area contributed by atoms with Gasteiger partial charge >= 0.3 is 0 Å². The molecule has 2 saturated heterocycles. The van der Waals surface area contributed by atoms with Crippen molar-refractivity contribution in [3.63, 3.8) is 0 Å². The molecule has 0 bridgehead atoms. The number of hydrogen-bond donors (Lipinski definition) is 1. The Balaban J connectivity index is 1.22. The van der Waals surface area contributed by atoms with E-state index in [1.807, 2.05) is 41.9 Å². The van der Waals surface area contributed by atoms with Gasteiger partial charge < -0.3 is 15.1 Å². The minimum atomic E-state index is -0.113. The number of amides is 2. The molecule has 1 N–H and O–H groups in total. The lowest BCUT2D eigenvalue weighted by atomic mass is 9.88. The molecule has 2 aliphatic rings. The van der Waals surface area contributed by atoms with Gasteiger partial charge in [-0.05, 0) is 62.6 Å². The number of para-hydroxylation sites is 1. The van der Waals surface area contributed by atoms with Crippen LogP contribution in [0.25, 0.3) is 5.69 Å². The third-order valence-corrected chi connectivity index (χ3v) is 7.77. The third-order valence-electron chi connectivity index (χ3n) is 7.77. The molecule has 0 unspecified atom stereocenters. The number of aryl methyl sites for hydroxylation is 1. The zero-order chi connectivity index (χ0) is 25.8. The van der Waals surface area contributed by atoms with Crippen LogP contribution >= 0.6 is 0 Å². The highest BCUT2D eigenvalue weighted by Crippen LogP contribution is 2.35. The Labute approximate surface area is 219 Å². The number of nitrogens with one attached hydrogen (secondary N) is 1. The third kappa shape index (κ3) is 5.71. The first-order chi connectivity index (χ1) is 18.0. The average molecular weight is 500 g/mol. The van der Waals surface area contributed by atoms with Gasteiger partial charge in [0.25, 0.3) is 0 Å². The SMILES string of the molecule is CC(=O)Nc1c(C)nn(-c2ccccc2)c1N1CCC(C(=O)N2CCC(Cc3ccccc3)CC2)CC1. The van der Waals surface area contributed by atoms with Gasteiger partial charge in [0, 0.05) is 39.0 Å². The van der Waals surface area contributed by atoms with E-state index in [0.29, 0.717) is 11.8 Å². The molecular formula is C30H37N5O2. The summed E-state index contributed by atoms with van der Waals surface area (Å²) >= 11 is 0. The van der Waals surface area contributed by atoms with E-state index in [2.05, 4.69) is 45.4 Å². The molecular weight excluding hydrogens is 462 g/mol. The molecule has 1 aromatic heterocycles. The summed E-state index contributed by atoms with van der Waals surface area (Å²) in [5.41, 5.74) is 3.88. The van der Waals surface area contributed by atoms with E-state index in [-0.39, 0.29) is 11.8 Å². The maximum absolute atomic E-state index is 13.4. The standard InChI is InChI=1S/C30H37N5O2/c1-22-28(31-23(2)36)29(35(32-22)27-11-7-4-8-12-27)33-19-15-26(16-20-33)30(37)34-17-13-25(14-18-34)21-24-9-5-3-6-10-24/h3-12,25-26H,13-21H2,1-2H3,(H,31,36). The molecule has 3 heterocycles. The van der Waals surface area contributed by atoms with Crippen molar-refractivity contribution in [2.45, 2.75) is 46.0 Å². The van der Waals surface area contributed by atoms with Crippen LogP contribution in [0.1, 0.15) is 43.9 Å². The lowest BCUT2D eigenvalue weighted by Gasteiger charge is -2.38. The Hall–Kier alpha value is -3.61. The van der Waals surface area contributed by atoms with Crippen molar-refractivity contribution < 1.29 is 9.59 Å². The maximum Gasteiger partial charge on any atom is 0.225 e. The first-order valence-electron chi connectivity index (χ1n) is 13.5. The Morgan fingerprint density at radius 2 is 1.51 bits per heavy atom. The fourth-order valence-corrected chi connectivity index (χ4v) is 5.78. The largest absolute Gasteiger partial charge is 0.355 e. The predicted octanol–water partition coefficient (Wildman–Crippen LogP) is 4.84. The molecule has 2 amide bonds. The Morgan fingerprint density at radius 1 is 0.892 bits per heavy atom. The number of nitrogens with zero attached hydrogens (tertiary/aromatic N) is 4. The molecule has 37 heavy (non-hydrogen) atoms. The molecule has 0 spiro atoms. The fraction of sp³-hybridized carbons (Fsp3) is 0.433. The summed E-state index contributed by atoms with van der Waals surface area (Å²) in [6.07, 6.45) is 4.87. The quantitative estimate of drug-likeness (QED) is 0.527. The van der Waals surface area contributed by atoms with Crippen LogP contribution < -0.4 is 10.2 Å². The molecule has 2 fully saturated rings. The van der Waals surface area contributed by atoms with Crippen LogP contribution in [0.4, 0.5) is 11.5 Å². The maximum atomic E-state index is 13.4. The highest BCUT2D eigenvalue weighted by atomic mass is 16.2. The van der Waals surface area contributed by atoms with E-state index in [0.717, 1.165) is 81.2 Å². The van der Waals surface area contributed by atoms with Crippen LogP contribution in [0.2, 0.25) is 0 Å². The molecule has 0 aliphatic carbocycles. The first kappa shape index (κ1) is 25.1. The number of hydrogen-bond acceptors (Lipinski definition) is 4. The van der Waals surface area contributed by atoms with Crippen molar-refractivity contribution >= 4 is 23.3 Å². The van der Waals surface area contributed by atoms with E-state index >= 15 is 0 Å². The highest BCUT2D eigenvalue weighted by molar-refractivity contribution is 5.93. The van der Waals surface area contributed by atoms with E-state index < -0.39 is 0 Å². The number of carbonyl (C=O) groups excluding carboxylic acids is 2. The fourth-order valence-electron chi connectivity index (χ4n) is 5.78. The summed E-state index contributed by atoms with van der Waals surface area (Å²) in [5.74, 6) is 1.80. The number of benzene rings is 2. The monoisotopic (exact) mass is 499 g/mol. The predicted molar refractivity (Wildman–Crippen MR) is 147 cm³/mol. The lowest BCUT2D eigenvalue weighted by Crippen LogP contribution is -2.46. The summed E-state index contributed by atoms with van der Waals surface area (Å²) in [4.78, 5) is 29.7. The van der Waals surface area contributed by atoms with Gasteiger partial charge in [0.05, 0.1) is 11.4 Å². The number of carbonyl (C=O) groups is 2. The lowest BCUT2D eigenvalue weighted by molar-refractivity contribution is -0.137. The Morgan fingerprint density at radius 3 is 2.14 bits per heavy atom. The summed E-state index contributed by atoms with van der Waals surface area (Å²) < 4.78 is 1.92. The van der Waals surface area contributed by atoms with Crippen LogP contribution in [-0.4, -0.2) is 52.7 Å². The van der Waals surface area contributed by atoms with Gasteiger partial charge in [-0.3, -0.25) is 9.59 Å². The first-order valence-corrected chi connectivity index (χ1v) is 13.5. The zero-order valence-corrected chi connectivity index (χ0v) is 21.9. The molecule has 0 saturated carbocycles. The molecule has 3 aromatic rings. The molecule has 194 valence electrons. The van der Waals surface area contributed by atoms with Crippen molar-refractivity contribution in [2.75, 3.05) is 36.4 Å². The van der Waals surface area contributed by atoms with Gasteiger partial charge in [-0.2, -0.15) is 5.10 Å². The molecule has 0 atom stereocenters. The van der Waals surface area contributed by atoms with Gasteiger partial charge in [0.1, 0.15) is 5.69 Å². The summed E-state index contributed by atoms with van der Waals surface area (Å²) in [6, 6.07) is 20.7. The Bertz CT molecular complexity index is 1210. The molecule has 2 aromatic carbocycles. The highest BCUT2D eigenvalue weighted by Gasteiger charge is 2.33. The van der Waals surface area contributed by atoms with E-state index in [1.54, 1.807) is 0 Å². The molecule has 5 rings (SSSR count). The second kappa shape index (κ2) is 11.2. The van der Waals surface area contributed by atoms with Crippen molar-refractivity contribution in [2.24, 2.45) is 11.8 Å². The van der Waals surface area contributed by atoms with Gasteiger partial charge in [-0.1, -0.05) is 48.5 Å². The second-order valence-electron chi connectivity index (χ2n) is 10.4. The Kier molecular flexibility index (Phi) is 7.58. The topological polar surface area (TPSA) is 70.5 Å². The zero-order valence-electron chi connectivity index (χ0n) is 21.9. The average Bonchev–Trinajstić information content (AvgIpc) is 3.25. The van der Waals surface area contributed by atoms with Crippen molar-refractivity contribution in [1.82, 2.24) is 14.7 Å². The van der Waals surface area contributed by atoms with Crippen LogP contribution in [-0.2, 0) is 16.0 Å². The van der Waals surface area contributed by atoms with Crippen molar-refractivity contribution in [3.8, 4) is 5.69 Å². The second-order valence-corrected chi connectivity index (χ2v) is 10.4. The summed E-state index contributed by atoms with van der Waals surface area (Å²) in [7, 11) is 0. The van der Waals surface area contributed by atoms with Gasteiger partial charge in [0.2, 0.25) is 11.8 Å². The molecule has 7 nitrogen and oxygen atoms in total. The van der Waals surface area contributed by atoms with Crippen molar-refractivity contribution in [3.05, 3.63) is 71.9 Å². The van der Waals surface area contributed by atoms with Crippen LogP contribution in [0.3, 0.4) is 0 Å². The number of rotatable bonds is 6. The van der Waals surface area contributed by atoms with Crippen molar-refractivity contribution in [1.29, 1.82) is 0 Å². The van der Waals surface area contributed by atoms with Gasteiger partial charge in [-0.25, -0.2) is 4.68 Å². The summed E-state index contributed by atoms with van der Waals surface area (Å²) in [5, 5.41) is 7.76. The number of aromatic nitrogens is 2.